The lowest BCUT2D eigenvalue weighted by molar-refractivity contribution is 0.307. The first-order valence-corrected chi connectivity index (χ1v) is 13.2. The summed E-state index contributed by atoms with van der Waals surface area (Å²) in [5.41, 5.74) is 1.03. The molecule has 1 saturated heterocycles. The number of hydrogen-bond donors (Lipinski definition) is 1. The zero-order valence-corrected chi connectivity index (χ0v) is 18.7. The monoisotopic (exact) mass is 453 g/mol. The van der Waals surface area contributed by atoms with Crippen LogP contribution in [0.25, 0.3) is 0 Å². The standard InChI is InChI=1S/C21H27NO6S2/c1-3-16-4-10-19(11-5-16)30(25,26)21-15-29(23,24)14-20(21)22-12-13-28-18-8-6-17(27-2)7-9-18/h4-11,20-22H,3,12-15H2,1-2H3/t20-,21+/m1/s1. The van der Waals surface area contributed by atoms with Crippen molar-refractivity contribution in [1.29, 1.82) is 0 Å². The van der Waals surface area contributed by atoms with Gasteiger partial charge in [0, 0.05) is 12.6 Å². The van der Waals surface area contributed by atoms with E-state index in [4.69, 9.17) is 9.47 Å². The fourth-order valence-corrected chi connectivity index (χ4v) is 8.20. The summed E-state index contributed by atoms with van der Waals surface area (Å²) < 4.78 is 61.3. The maximum atomic E-state index is 13.1. The number of methoxy groups -OCH3 is 1. The normalized spacial score (nSPS) is 20.7. The molecule has 2 atom stereocenters. The van der Waals surface area contributed by atoms with E-state index in [-0.39, 0.29) is 23.0 Å². The van der Waals surface area contributed by atoms with Crippen LogP contribution in [0.2, 0.25) is 0 Å². The summed E-state index contributed by atoms with van der Waals surface area (Å²) in [5.74, 6) is 0.794. The minimum absolute atomic E-state index is 0.156. The Labute approximate surface area is 178 Å². The quantitative estimate of drug-likeness (QED) is 0.579. The molecule has 2 aromatic carbocycles. The van der Waals surface area contributed by atoms with E-state index in [2.05, 4.69) is 5.32 Å². The van der Waals surface area contributed by atoms with Crippen LogP contribution in [0.15, 0.2) is 53.4 Å². The third-order valence-electron chi connectivity index (χ3n) is 5.20. The molecule has 1 aliphatic heterocycles. The van der Waals surface area contributed by atoms with Gasteiger partial charge < -0.3 is 14.8 Å². The van der Waals surface area contributed by atoms with Gasteiger partial charge in [-0.25, -0.2) is 16.8 Å². The molecular weight excluding hydrogens is 426 g/mol. The van der Waals surface area contributed by atoms with Crippen molar-refractivity contribution < 1.29 is 26.3 Å². The third kappa shape index (κ3) is 5.33. The van der Waals surface area contributed by atoms with Crippen LogP contribution >= 0.6 is 0 Å². The summed E-state index contributed by atoms with van der Waals surface area (Å²) in [4.78, 5) is 0.156. The molecule has 0 bridgehead atoms. The van der Waals surface area contributed by atoms with Crippen molar-refractivity contribution in [2.45, 2.75) is 29.5 Å². The molecule has 0 saturated carbocycles. The van der Waals surface area contributed by atoms with Gasteiger partial charge in [-0.2, -0.15) is 0 Å². The van der Waals surface area contributed by atoms with Gasteiger partial charge in [-0.15, -0.1) is 0 Å². The molecule has 0 unspecified atom stereocenters. The van der Waals surface area contributed by atoms with Crippen LogP contribution in [0.4, 0.5) is 0 Å². The van der Waals surface area contributed by atoms with Crippen molar-refractivity contribution in [2.75, 3.05) is 31.8 Å². The average Bonchev–Trinajstić information content (AvgIpc) is 3.07. The largest absolute Gasteiger partial charge is 0.497 e. The van der Waals surface area contributed by atoms with Crippen LogP contribution in [0, 0.1) is 0 Å². The highest BCUT2D eigenvalue weighted by molar-refractivity contribution is 7.96. The molecule has 1 fully saturated rings. The minimum Gasteiger partial charge on any atom is -0.497 e. The van der Waals surface area contributed by atoms with Gasteiger partial charge in [-0.3, -0.25) is 0 Å². The van der Waals surface area contributed by atoms with E-state index in [1.54, 1.807) is 55.6 Å². The highest BCUT2D eigenvalue weighted by Crippen LogP contribution is 2.26. The van der Waals surface area contributed by atoms with Gasteiger partial charge in [0.1, 0.15) is 18.1 Å². The summed E-state index contributed by atoms with van der Waals surface area (Å²) >= 11 is 0. The molecule has 1 aliphatic rings. The van der Waals surface area contributed by atoms with Crippen LogP contribution in [-0.4, -0.2) is 59.9 Å². The molecule has 9 heteroatoms. The Morgan fingerprint density at radius 1 is 1.00 bits per heavy atom. The summed E-state index contributed by atoms with van der Waals surface area (Å²) in [6.45, 7) is 2.59. The van der Waals surface area contributed by atoms with Crippen LogP contribution in [0.5, 0.6) is 11.5 Å². The maximum absolute atomic E-state index is 13.1. The topological polar surface area (TPSA) is 98.8 Å². The van der Waals surface area contributed by atoms with Gasteiger partial charge in [0.2, 0.25) is 0 Å². The second-order valence-electron chi connectivity index (χ2n) is 7.24. The van der Waals surface area contributed by atoms with Gasteiger partial charge in [0.25, 0.3) is 0 Å². The molecule has 0 radical (unpaired) electrons. The van der Waals surface area contributed by atoms with Crippen molar-refractivity contribution in [1.82, 2.24) is 5.32 Å². The number of rotatable bonds is 9. The highest BCUT2D eigenvalue weighted by atomic mass is 32.2. The number of nitrogens with one attached hydrogen (secondary N) is 1. The van der Waals surface area contributed by atoms with E-state index in [0.717, 1.165) is 17.7 Å². The van der Waals surface area contributed by atoms with Crippen LogP contribution in [-0.2, 0) is 26.1 Å². The minimum atomic E-state index is -3.78. The van der Waals surface area contributed by atoms with E-state index in [0.29, 0.717) is 12.3 Å². The lowest BCUT2D eigenvalue weighted by atomic mass is 10.2. The highest BCUT2D eigenvalue weighted by Gasteiger charge is 2.45. The molecule has 0 aromatic heterocycles. The molecule has 0 amide bonds. The predicted molar refractivity (Wildman–Crippen MR) is 116 cm³/mol. The Morgan fingerprint density at radius 2 is 1.63 bits per heavy atom. The summed E-state index contributed by atoms with van der Waals surface area (Å²) in [6, 6.07) is 13.1. The van der Waals surface area contributed by atoms with E-state index >= 15 is 0 Å². The molecule has 1 heterocycles. The van der Waals surface area contributed by atoms with Gasteiger partial charge in [-0.1, -0.05) is 19.1 Å². The Morgan fingerprint density at radius 3 is 2.23 bits per heavy atom. The molecular formula is C21H27NO6S2. The van der Waals surface area contributed by atoms with Crippen LogP contribution < -0.4 is 14.8 Å². The van der Waals surface area contributed by atoms with Crippen molar-refractivity contribution >= 4 is 19.7 Å². The Kier molecular flexibility index (Phi) is 7.05. The molecule has 164 valence electrons. The molecule has 30 heavy (non-hydrogen) atoms. The third-order valence-corrected chi connectivity index (χ3v) is 9.36. The average molecular weight is 454 g/mol. The summed E-state index contributed by atoms with van der Waals surface area (Å²) in [6.07, 6.45) is 0.802. The zero-order valence-electron chi connectivity index (χ0n) is 17.1. The lowest BCUT2D eigenvalue weighted by Crippen LogP contribution is -2.44. The van der Waals surface area contributed by atoms with Crippen molar-refractivity contribution in [2.24, 2.45) is 0 Å². The maximum Gasteiger partial charge on any atom is 0.183 e. The van der Waals surface area contributed by atoms with Crippen molar-refractivity contribution in [3.63, 3.8) is 0 Å². The lowest BCUT2D eigenvalue weighted by Gasteiger charge is -2.20. The van der Waals surface area contributed by atoms with Gasteiger partial charge in [-0.05, 0) is 48.4 Å². The summed E-state index contributed by atoms with van der Waals surface area (Å²) in [7, 11) is -5.64. The van der Waals surface area contributed by atoms with Gasteiger partial charge in [0.05, 0.1) is 28.8 Å². The van der Waals surface area contributed by atoms with E-state index in [9.17, 15) is 16.8 Å². The Bertz CT molecular complexity index is 1050. The number of benzene rings is 2. The predicted octanol–water partition coefficient (Wildman–Crippen LogP) is 1.87. The fraction of sp³-hybridized carbons (Fsp3) is 0.429. The number of aryl methyl sites for hydroxylation is 1. The zero-order chi connectivity index (χ0) is 21.8. The van der Waals surface area contributed by atoms with Gasteiger partial charge >= 0.3 is 0 Å². The van der Waals surface area contributed by atoms with E-state index in [1.807, 2.05) is 6.92 Å². The molecule has 0 spiro atoms. The number of ether oxygens (including phenoxy) is 2. The number of sulfone groups is 2. The smallest absolute Gasteiger partial charge is 0.183 e. The SMILES string of the molecule is CCc1ccc(S(=O)(=O)[C@H]2CS(=O)(=O)C[C@H]2NCCOc2ccc(OC)cc2)cc1. The van der Waals surface area contributed by atoms with Crippen molar-refractivity contribution in [3.8, 4) is 11.5 Å². The second-order valence-corrected chi connectivity index (χ2v) is 11.6. The first kappa shape index (κ1) is 22.6. The first-order chi connectivity index (χ1) is 14.2. The Balaban J connectivity index is 1.64. The molecule has 3 rings (SSSR count). The molecule has 1 N–H and O–H groups in total. The fourth-order valence-electron chi connectivity index (χ4n) is 3.49. The second kappa shape index (κ2) is 9.36. The van der Waals surface area contributed by atoms with Crippen molar-refractivity contribution in [3.05, 3.63) is 54.1 Å². The van der Waals surface area contributed by atoms with Crippen LogP contribution in [0.3, 0.4) is 0 Å². The van der Waals surface area contributed by atoms with Gasteiger partial charge in [0.15, 0.2) is 19.7 Å². The molecule has 0 aliphatic carbocycles. The Hall–Kier alpha value is -2.10. The molecule has 2 aromatic rings. The van der Waals surface area contributed by atoms with E-state index < -0.39 is 31.0 Å². The molecule has 7 nitrogen and oxygen atoms in total. The number of hydrogen-bond acceptors (Lipinski definition) is 7. The summed E-state index contributed by atoms with van der Waals surface area (Å²) in [5, 5.41) is 2.05. The first-order valence-electron chi connectivity index (χ1n) is 9.78. The van der Waals surface area contributed by atoms with E-state index in [1.165, 1.54) is 0 Å². The van der Waals surface area contributed by atoms with Crippen LogP contribution in [0.1, 0.15) is 12.5 Å².